The van der Waals surface area contributed by atoms with E-state index in [1.807, 2.05) is 0 Å². The fourth-order valence-electron chi connectivity index (χ4n) is 3.68. The third kappa shape index (κ3) is 5.50. The summed E-state index contributed by atoms with van der Waals surface area (Å²) in [6.45, 7) is 4.39. The minimum atomic E-state index is -0.549. The first kappa shape index (κ1) is 23.2. The zero-order valence-corrected chi connectivity index (χ0v) is 18.6. The number of amides is 1. The van der Waals surface area contributed by atoms with Gasteiger partial charge in [-0.05, 0) is 41.9 Å². The van der Waals surface area contributed by atoms with Crippen molar-refractivity contribution in [2.45, 2.75) is 13.0 Å². The Hall–Kier alpha value is -3.97. The molecule has 176 valence electrons. The van der Waals surface area contributed by atoms with E-state index in [0.29, 0.717) is 28.6 Å². The van der Waals surface area contributed by atoms with E-state index < -0.39 is 18.0 Å². The fourth-order valence-corrected chi connectivity index (χ4v) is 3.68. The zero-order valence-electron chi connectivity index (χ0n) is 18.6. The van der Waals surface area contributed by atoms with Crippen LogP contribution in [-0.2, 0) is 4.74 Å². The van der Waals surface area contributed by atoms with Gasteiger partial charge in [0.1, 0.15) is 18.7 Å². The average Bonchev–Trinajstić information content (AvgIpc) is 3.60. The Morgan fingerprint density at radius 2 is 2.21 bits per heavy atom. The van der Waals surface area contributed by atoms with Crippen LogP contribution in [0.25, 0.3) is 11.1 Å². The third-order valence-electron chi connectivity index (χ3n) is 5.63. The van der Waals surface area contributed by atoms with Crippen molar-refractivity contribution in [2.24, 2.45) is 11.8 Å². The molecule has 0 aliphatic carbocycles. The lowest BCUT2D eigenvalue weighted by Gasteiger charge is -2.14. The van der Waals surface area contributed by atoms with Gasteiger partial charge in [-0.1, -0.05) is 13.0 Å². The normalized spacial score (nSPS) is 21.4. The van der Waals surface area contributed by atoms with Crippen molar-refractivity contribution in [3.63, 3.8) is 0 Å². The van der Waals surface area contributed by atoms with E-state index in [9.17, 15) is 9.18 Å². The van der Waals surface area contributed by atoms with Gasteiger partial charge in [0.15, 0.2) is 6.10 Å². The van der Waals surface area contributed by atoms with Crippen molar-refractivity contribution in [2.75, 3.05) is 31.1 Å². The molecule has 0 saturated carbocycles. The number of nitrogens with zero attached hydrogens (tertiary/aromatic N) is 4. The highest BCUT2D eigenvalue weighted by Gasteiger charge is 2.33. The Kier molecular flexibility index (Phi) is 7.34. The molecule has 1 N–H and O–H groups in total. The van der Waals surface area contributed by atoms with Crippen LogP contribution in [0.4, 0.5) is 14.9 Å². The Balaban J connectivity index is 0.000000291. The van der Waals surface area contributed by atoms with Crippen molar-refractivity contribution < 1.29 is 23.2 Å². The number of rotatable bonds is 5. The molecule has 2 aliphatic heterocycles. The van der Waals surface area contributed by atoms with Gasteiger partial charge < -0.3 is 19.3 Å². The van der Waals surface area contributed by atoms with Crippen LogP contribution in [0.2, 0.25) is 0 Å². The monoisotopic (exact) mass is 465 g/mol. The van der Waals surface area contributed by atoms with Gasteiger partial charge in [-0.2, -0.15) is 5.26 Å². The lowest BCUT2D eigenvalue weighted by molar-refractivity contribution is 0.102. The molecule has 5 rings (SSSR count). The minimum Gasteiger partial charge on any atom is -0.471 e. The van der Waals surface area contributed by atoms with E-state index in [2.05, 4.69) is 33.0 Å². The molecule has 4 heterocycles. The first-order valence-corrected chi connectivity index (χ1v) is 10.9. The van der Waals surface area contributed by atoms with E-state index in [1.54, 1.807) is 42.7 Å². The van der Waals surface area contributed by atoms with Gasteiger partial charge in [0.05, 0.1) is 24.2 Å². The van der Waals surface area contributed by atoms with E-state index in [-0.39, 0.29) is 19.1 Å². The molecule has 2 fully saturated rings. The highest BCUT2D eigenvalue weighted by Crippen LogP contribution is 2.28. The van der Waals surface area contributed by atoms with Crippen LogP contribution in [0.3, 0.4) is 0 Å². The number of hydrogen-bond acceptors (Lipinski definition) is 8. The maximum absolute atomic E-state index is 14.5. The molecule has 10 heteroatoms. The Morgan fingerprint density at radius 3 is 2.82 bits per heavy atom. The van der Waals surface area contributed by atoms with Crippen molar-refractivity contribution in [1.29, 1.82) is 5.26 Å². The molecule has 2 unspecified atom stereocenters. The average molecular weight is 465 g/mol. The standard InChI is InChI=1S/C18H14FN3O4.C6H10N2/c19-16-8-13(3-4-15(16)12-2-1-6-20-9-12)22-10-14(26-18(22)23)11-24-17-5-7-25-21-17;1-5-3-8-4-6(5)2-7/h1-9,14H,10-11H2;5-6,8H,3-4H2,1H3/t;5-,6?/m.1/s1. The van der Waals surface area contributed by atoms with Crippen molar-refractivity contribution in [1.82, 2.24) is 15.5 Å². The SMILES string of the molecule is C[C@@H]1CNCC1C#N.O=C1OC(COc2ccon2)CN1c1ccc(-c2cccnc2)c(F)c1. The number of carbonyl (C=O) groups excluding carboxylic acids is 1. The fraction of sp³-hybridized carbons (Fsp3) is 0.333. The third-order valence-corrected chi connectivity index (χ3v) is 5.63. The number of hydrogen-bond donors (Lipinski definition) is 1. The molecule has 3 atom stereocenters. The quantitative estimate of drug-likeness (QED) is 0.608. The first-order chi connectivity index (χ1) is 16.5. The topological polar surface area (TPSA) is 114 Å². The largest absolute Gasteiger partial charge is 0.471 e. The van der Waals surface area contributed by atoms with Crippen LogP contribution in [0.5, 0.6) is 5.88 Å². The lowest BCUT2D eigenvalue weighted by atomic mass is 10.0. The second-order valence-corrected chi connectivity index (χ2v) is 8.04. The summed E-state index contributed by atoms with van der Waals surface area (Å²) in [5, 5.41) is 15.2. The summed E-state index contributed by atoms with van der Waals surface area (Å²) in [5.74, 6) is 0.687. The summed E-state index contributed by atoms with van der Waals surface area (Å²) >= 11 is 0. The van der Waals surface area contributed by atoms with Gasteiger partial charge in [-0.3, -0.25) is 9.88 Å². The van der Waals surface area contributed by atoms with Crippen LogP contribution in [0, 0.1) is 29.0 Å². The molecule has 2 aromatic heterocycles. The number of benzene rings is 1. The number of ether oxygens (including phenoxy) is 2. The Labute approximate surface area is 196 Å². The van der Waals surface area contributed by atoms with E-state index in [4.69, 9.17) is 14.7 Å². The maximum atomic E-state index is 14.5. The molecule has 0 spiro atoms. The van der Waals surface area contributed by atoms with Crippen molar-refractivity contribution >= 4 is 11.8 Å². The van der Waals surface area contributed by atoms with E-state index >= 15 is 0 Å². The number of nitriles is 1. The molecule has 1 amide bonds. The molecule has 0 bridgehead atoms. The van der Waals surface area contributed by atoms with Gasteiger partial charge >= 0.3 is 6.09 Å². The summed E-state index contributed by atoms with van der Waals surface area (Å²) in [7, 11) is 0. The van der Waals surface area contributed by atoms with Gasteiger partial charge in [0.2, 0.25) is 0 Å². The highest BCUT2D eigenvalue weighted by molar-refractivity contribution is 5.90. The molecule has 2 aliphatic rings. The molecule has 9 nitrogen and oxygen atoms in total. The number of cyclic esters (lactones) is 1. The summed E-state index contributed by atoms with van der Waals surface area (Å²) in [6.07, 6.45) is 3.55. The second kappa shape index (κ2) is 10.8. The van der Waals surface area contributed by atoms with Crippen molar-refractivity contribution in [3.05, 3.63) is 60.9 Å². The van der Waals surface area contributed by atoms with E-state index in [1.165, 1.54) is 17.2 Å². The smallest absolute Gasteiger partial charge is 0.414 e. The molecule has 2 saturated heterocycles. The summed E-state index contributed by atoms with van der Waals surface area (Å²) in [4.78, 5) is 17.5. The van der Waals surface area contributed by atoms with Crippen LogP contribution >= 0.6 is 0 Å². The van der Waals surface area contributed by atoms with Crippen molar-refractivity contribution in [3.8, 4) is 23.1 Å². The number of halogens is 1. The lowest BCUT2D eigenvalue weighted by Crippen LogP contribution is -2.26. The Bertz CT molecular complexity index is 1140. The summed E-state index contributed by atoms with van der Waals surface area (Å²) in [6, 6.07) is 11.9. The summed E-state index contributed by atoms with van der Waals surface area (Å²) < 4.78 is 29.8. The predicted octanol–water partition coefficient (Wildman–Crippen LogP) is 3.65. The number of anilines is 1. The van der Waals surface area contributed by atoms with E-state index in [0.717, 1.165) is 13.1 Å². The molecule has 0 radical (unpaired) electrons. The van der Waals surface area contributed by atoms with Crippen LogP contribution in [0.1, 0.15) is 6.92 Å². The second-order valence-electron chi connectivity index (χ2n) is 8.04. The maximum Gasteiger partial charge on any atom is 0.414 e. The van der Waals surface area contributed by atoms with Gasteiger partial charge in [-0.15, -0.1) is 0 Å². The number of aromatic nitrogens is 2. The predicted molar refractivity (Wildman–Crippen MR) is 120 cm³/mol. The zero-order chi connectivity index (χ0) is 23.9. The molecule has 3 aromatic rings. The number of pyridine rings is 1. The minimum absolute atomic E-state index is 0.130. The molecular formula is C24H24FN5O4. The first-order valence-electron chi connectivity index (χ1n) is 10.9. The van der Waals surface area contributed by atoms with Gasteiger partial charge in [0.25, 0.3) is 5.88 Å². The molecule has 34 heavy (non-hydrogen) atoms. The highest BCUT2D eigenvalue weighted by atomic mass is 19.1. The summed E-state index contributed by atoms with van der Waals surface area (Å²) in [5.41, 5.74) is 1.50. The Morgan fingerprint density at radius 1 is 1.32 bits per heavy atom. The molecular weight excluding hydrogens is 441 g/mol. The van der Waals surface area contributed by atoms with Crippen LogP contribution in [0.15, 0.2) is 59.6 Å². The van der Waals surface area contributed by atoms with Gasteiger partial charge in [-0.25, -0.2) is 9.18 Å². The van der Waals surface area contributed by atoms with Crippen LogP contribution < -0.4 is 15.0 Å². The molecule has 1 aromatic carbocycles. The van der Waals surface area contributed by atoms with Gasteiger partial charge in [0, 0.05) is 36.1 Å². The van der Waals surface area contributed by atoms with Crippen LogP contribution in [-0.4, -0.2) is 48.6 Å². The number of nitrogens with one attached hydrogen (secondary N) is 1. The number of carbonyl (C=O) groups is 1.